The van der Waals surface area contributed by atoms with Gasteiger partial charge in [0.2, 0.25) is 5.13 Å². The first-order chi connectivity index (χ1) is 9.10. The molecule has 0 amide bonds. The van der Waals surface area contributed by atoms with E-state index in [9.17, 15) is 4.79 Å². The molecule has 0 aliphatic carbocycles. The number of nitrogens with two attached hydrogens (primary N) is 1. The highest BCUT2D eigenvalue weighted by Gasteiger charge is 2.18. The van der Waals surface area contributed by atoms with Crippen LogP contribution >= 0.6 is 23.1 Å². The zero-order valence-corrected chi connectivity index (χ0v) is 12.4. The highest BCUT2D eigenvalue weighted by atomic mass is 32.2. The Balaban J connectivity index is 2.05. The maximum absolute atomic E-state index is 12.3. The van der Waals surface area contributed by atoms with Gasteiger partial charge < -0.3 is 5.73 Å². The van der Waals surface area contributed by atoms with Crippen molar-refractivity contribution in [3.63, 3.8) is 0 Å². The van der Waals surface area contributed by atoms with E-state index in [0.29, 0.717) is 5.13 Å². The number of benzene rings is 1. The molecule has 100 valence electrons. The molecule has 0 saturated carbocycles. The standard InChI is InChI=1S/C13H15N3OS2/c1-3-9-4-6-10(7-5-9)11(17)8(2)18-13-16-15-12(14)19-13/h4-8H,3H2,1-2H3,(H2,14,15)/t8-/m0/s1. The Morgan fingerprint density at radius 2 is 2.05 bits per heavy atom. The fourth-order valence-corrected chi connectivity index (χ4v) is 3.47. The van der Waals surface area contributed by atoms with Gasteiger partial charge >= 0.3 is 0 Å². The summed E-state index contributed by atoms with van der Waals surface area (Å²) in [6.45, 7) is 3.97. The Kier molecular flexibility index (Phi) is 4.55. The lowest BCUT2D eigenvalue weighted by molar-refractivity contribution is 0.0994. The number of ketones is 1. The average Bonchev–Trinajstić information content (AvgIpc) is 2.83. The fraction of sp³-hybridized carbons (Fsp3) is 0.308. The van der Waals surface area contributed by atoms with Gasteiger partial charge in [0.25, 0.3) is 0 Å². The number of thioether (sulfide) groups is 1. The second-order valence-electron chi connectivity index (χ2n) is 4.08. The molecule has 0 bridgehead atoms. The van der Waals surface area contributed by atoms with Crippen LogP contribution in [0.4, 0.5) is 5.13 Å². The number of anilines is 1. The fourth-order valence-electron chi connectivity index (χ4n) is 1.61. The second kappa shape index (κ2) is 6.16. The van der Waals surface area contributed by atoms with Gasteiger partial charge in [-0.1, -0.05) is 54.3 Å². The van der Waals surface area contributed by atoms with Crippen LogP contribution in [0.15, 0.2) is 28.6 Å². The van der Waals surface area contributed by atoms with Crippen LogP contribution in [0.3, 0.4) is 0 Å². The van der Waals surface area contributed by atoms with Crippen molar-refractivity contribution in [3.05, 3.63) is 35.4 Å². The molecule has 19 heavy (non-hydrogen) atoms. The maximum Gasteiger partial charge on any atom is 0.203 e. The monoisotopic (exact) mass is 293 g/mol. The summed E-state index contributed by atoms with van der Waals surface area (Å²) in [6, 6.07) is 7.75. The number of carbonyl (C=O) groups excluding carboxylic acids is 1. The zero-order chi connectivity index (χ0) is 13.8. The first kappa shape index (κ1) is 14.0. The SMILES string of the molecule is CCc1ccc(C(=O)[C@H](C)Sc2nnc(N)s2)cc1. The van der Waals surface area contributed by atoms with E-state index < -0.39 is 0 Å². The quantitative estimate of drug-likeness (QED) is 0.678. The third kappa shape index (κ3) is 3.54. The average molecular weight is 293 g/mol. The topological polar surface area (TPSA) is 68.9 Å². The first-order valence-corrected chi connectivity index (χ1v) is 7.68. The molecule has 0 fully saturated rings. The second-order valence-corrected chi connectivity index (χ2v) is 6.68. The smallest absolute Gasteiger partial charge is 0.203 e. The molecule has 1 heterocycles. The molecule has 1 atom stereocenters. The Labute approximate surface area is 120 Å². The lowest BCUT2D eigenvalue weighted by Gasteiger charge is -2.08. The van der Waals surface area contributed by atoms with Crippen molar-refractivity contribution in [2.45, 2.75) is 29.9 Å². The van der Waals surface area contributed by atoms with Crippen LogP contribution in [0.1, 0.15) is 29.8 Å². The van der Waals surface area contributed by atoms with Gasteiger partial charge in [-0.2, -0.15) is 0 Å². The summed E-state index contributed by atoms with van der Waals surface area (Å²) in [5.74, 6) is 0.0985. The Hall–Kier alpha value is -1.40. The Bertz CT molecular complexity index is 566. The Morgan fingerprint density at radius 3 is 2.58 bits per heavy atom. The van der Waals surface area contributed by atoms with Gasteiger partial charge in [0, 0.05) is 5.56 Å². The van der Waals surface area contributed by atoms with Crippen LogP contribution in [0.25, 0.3) is 0 Å². The molecule has 6 heteroatoms. The molecule has 2 aromatic rings. The summed E-state index contributed by atoms with van der Waals surface area (Å²) in [4.78, 5) is 12.3. The number of aromatic nitrogens is 2. The van der Waals surface area contributed by atoms with Gasteiger partial charge in [0.15, 0.2) is 10.1 Å². The summed E-state index contributed by atoms with van der Waals surface area (Å²) >= 11 is 2.69. The van der Waals surface area contributed by atoms with Crippen molar-refractivity contribution in [3.8, 4) is 0 Å². The molecule has 0 radical (unpaired) electrons. The number of carbonyl (C=O) groups is 1. The van der Waals surface area contributed by atoms with Gasteiger partial charge in [0.05, 0.1) is 5.25 Å². The van der Waals surface area contributed by atoms with Crippen molar-refractivity contribution in [2.24, 2.45) is 0 Å². The number of rotatable bonds is 5. The number of nitrogens with zero attached hydrogens (tertiary/aromatic N) is 2. The molecular weight excluding hydrogens is 278 g/mol. The number of aryl methyl sites for hydroxylation is 1. The third-order valence-electron chi connectivity index (χ3n) is 2.72. The van der Waals surface area contributed by atoms with Crippen molar-refractivity contribution in [1.82, 2.24) is 10.2 Å². The lowest BCUT2D eigenvalue weighted by atomic mass is 10.1. The molecule has 2 rings (SSSR count). The highest BCUT2D eigenvalue weighted by Crippen LogP contribution is 2.29. The third-order valence-corrected chi connectivity index (χ3v) is 4.65. The summed E-state index contributed by atoms with van der Waals surface area (Å²) < 4.78 is 0.725. The molecule has 4 nitrogen and oxygen atoms in total. The van der Waals surface area contributed by atoms with Gasteiger partial charge in [-0.25, -0.2) is 0 Å². The van der Waals surface area contributed by atoms with Gasteiger partial charge in [0.1, 0.15) is 0 Å². The van der Waals surface area contributed by atoms with Crippen molar-refractivity contribution in [2.75, 3.05) is 5.73 Å². The van der Waals surface area contributed by atoms with Crippen LogP contribution < -0.4 is 5.73 Å². The van der Waals surface area contributed by atoms with Crippen molar-refractivity contribution in [1.29, 1.82) is 0 Å². The van der Waals surface area contributed by atoms with E-state index >= 15 is 0 Å². The minimum Gasteiger partial charge on any atom is -0.374 e. The zero-order valence-electron chi connectivity index (χ0n) is 10.8. The van der Waals surface area contributed by atoms with Crippen LogP contribution in [-0.2, 0) is 6.42 Å². The molecule has 0 aliphatic rings. The summed E-state index contributed by atoms with van der Waals surface area (Å²) in [7, 11) is 0. The van der Waals surface area contributed by atoms with E-state index in [0.717, 1.165) is 16.3 Å². The van der Waals surface area contributed by atoms with Crippen LogP contribution in [0.5, 0.6) is 0 Å². The molecular formula is C13H15N3OS2. The lowest BCUT2D eigenvalue weighted by Crippen LogP contribution is -2.13. The molecule has 1 aromatic heterocycles. The molecule has 0 saturated heterocycles. The minimum absolute atomic E-state index is 0.0985. The summed E-state index contributed by atoms with van der Waals surface area (Å²) in [5, 5.41) is 7.88. The van der Waals surface area contributed by atoms with E-state index in [-0.39, 0.29) is 11.0 Å². The summed E-state index contributed by atoms with van der Waals surface area (Å²) in [5.41, 5.74) is 7.48. The predicted molar refractivity (Wildman–Crippen MR) is 79.8 cm³/mol. The molecule has 2 N–H and O–H groups in total. The van der Waals surface area contributed by atoms with E-state index in [1.54, 1.807) is 0 Å². The highest BCUT2D eigenvalue weighted by molar-refractivity contribution is 8.02. The van der Waals surface area contributed by atoms with E-state index in [2.05, 4.69) is 17.1 Å². The van der Waals surface area contributed by atoms with E-state index in [1.807, 2.05) is 31.2 Å². The number of Topliss-reactive ketones (excluding diaryl/α,β-unsaturated/α-hetero) is 1. The molecule has 0 unspecified atom stereocenters. The molecule has 1 aromatic carbocycles. The van der Waals surface area contributed by atoms with Crippen LogP contribution in [0, 0.1) is 0 Å². The largest absolute Gasteiger partial charge is 0.374 e. The number of nitrogen functional groups attached to an aromatic ring is 1. The van der Waals surface area contributed by atoms with Crippen molar-refractivity contribution < 1.29 is 4.79 Å². The first-order valence-electron chi connectivity index (χ1n) is 5.99. The number of hydrogen-bond acceptors (Lipinski definition) is 6. The molecule has 0 spiro atoms. The van der Waals surface area contributed by atoms with Gasteiger partial charge in [-0.15, -0.1) is 10.2 Å². The van der Waals surface area contributed by atoms with E-state index in [4.69, 9.17) is 5.73 Å². The normalized spacial score (nSPS) is 12.3. The van der Waals surface area contributed by atoms with Crippen LogP contribution in [0.2, 0.25) is 0 Å². The Morgan fingerprint density at radius 1 is 1.37 bits per heavy atom. The predicted octanol–water partition coefficient (Wildman–Crippen LogP) is 3.05. The van der Waals surface area contributed by atoms with Gasteiger partial charge in [-0.05, 0) is 18.9 Å². The van der Waals surface area contributed by atoms with Crippen molar-refractivity contribution >= 4 is 34.0 Å². The number of hydrogen-bond donors (Lipinski definition) is 1. The van der Waals surface area contributed by atoms with Crippen LogP contribution in [-0.4, -0.2) is 21.2 Å². The maximum atomic E-state index is 12.3. The summed E-state index contributed by atoms with van der Waals surface area (Å²) in [6.07, 6.45) is 0.975. The van der Waals surface area contributed by atoms with E-state index in [1.165, 1.54) is 28.7 Å². The molecule has 0 aliphatic heterocycles. The van der Waals surface area contributed by atoms with Gasteiger partial charge in [-0.3, -0.25) is 4.79 Å². The minimum atomic E-state index is -0.195.